The summed E-state index contributed by atoms with van der Waals surface area (Å²) in [7, 11) is 1.61. The van der Waals surface area contributed by atoms with E-state index in [1.807, 2.05) is 17.9 Å². The lowest BCUT2D eigenvalue weighted by molar-refractivity contribution is 0.0680. The number of halogens is 1. The molecule has 0 unspecified atom stereocenters. The first-order chi connectivity index (χ1) is 15.7. The average molecular weight is 472 g/mol. The van der Waals surface area contributed by atoms with E-state index >= 15 is 0 Å². The zero-order valence-electron chi connectivity index (χ0n) is 18.7. The maximum absolute atomic E-state index is 13.6. The topological polar surface area (TPSA) is 114 Å². The number of carboxylic acid groups (broad SMARTS) is 1. The summed E-state index contributed by atoms with van der Waals surface area (Å²) in [6, 6.07) is 8.28. The monoisotopic (exact) mass is 471 g/mol. The third-order valence-electron chi connectivity index (χ3n) is 5.96. The highest BCUT2D eigenvalue weighted by atomic mass is 32.1. The van der Waals surface area contributed by atoms with Crippen LogP contribution in [0.4, 0.5) is 4.39 Å². The number of aromatic nitrogens is 3. The van der Waals surface area contributed by atoms with Gasteiger partial charge in [0.15, 0.2) is 0 Å². The number of amides is 1. The molecule has 3 heterocycles. The molecule has 3 aromatic rings. The van der Waals surface area contributed by atoms with Crippen LogP contribution in [0.3, 0.4) is 0 Å². The number of nitrogens with zero attached hydrogens (tertiary/aromatic N) is 4. The van der Waals surface area contributed by atoms with Crippen molar-refractivity contribution in [2.45, 2.75) is 38.8 Å². The molecule has 174 valence electrons. The van der Waals surface area contributed by atoms with Crippen molar-refractivity contribution >= 4 is 23.2 Å². The molecule has 10 heteroatoms. The number of carboxylic acids is 1. The van der Waals surface area contributed by atoms with Crippen LogP contribution < -0.4 is 5.73 Å². The van der Waals surface area contributed by atoms with Gasteiger partial charge in [0.2, 0.25) is 0 Å². The van der Waals surface area contributed by atoms with Gasteiger partial charge in [-0.25, -0.2) is 14.2 Å². The van der Waals surface area contributed by atoms with Crippen molar-refractivity contribution in [2.24, 2.45) is 18.7 Å². The molecule has 2 aliphatic rings. The van der Waals surface area contributed by atoms with E-state index in [0.717, 1.165) is 28.4 Å². The highest BCUT2D eigenvalue weighted by Crippen LogP contribution is 2.48. The molecule has 1 saturated carbocycles. The second-order valence-electron chi connectivity index (χ2n) is 8.42. The summed E-state index contributed by atoms with van der Waals surface area (Å²) < 4.78 is 14.9. The van der Waals surface area contributed by atoms with Gasteiger partial charge in [0.05, 0.1) is 15.6 Å². The lowest BCUT2D eigenvalue weighted by atomic mass is 10.1. The predicted molar refractivity (Wildman–Crippen MR) is 123 cm³/mol. The van der Waals surface area contributed by atoms with E-state index in [0.29, 0.717) is 29.8 Å². The van der Waals surface area contributed by atoms with Crippen LogP contribution in [0.1, 0.15) is 44.5 Å². The maximum Gasteiger partial charge on any atom is 0.354 e. The summed E-state index contributed by atoms with van der Waals surface area (Å²) >= 11 is 1.43. The highest BCUT2D eigenvalue weighted by Gasteiger charge is 2.54. The van der Waals surface area contributed by atoms with Gasteiger partial charge < -0.3 is 15.7 Å². The summed E-state index contributed by atoms with van der Waals surface area (Å²) in [5, 5.41) is 13.2. The number of nitrogens with two attached hydrogens (primary N) is 1. The van der Waals surface area contributed by atoms with Crippen molar-refractivity contribution in [3.63, 3.8) is 0 Å². The minimum atomic E-state index is -0.942. The van der Waals surface area contributed by atoms with Gasteiger partial charge >= 0.3 is 5.97 Å². The Morgan fingerprint density at radius 2 is 2.03 bits per heavy atom. The lowest BCUT2D eigenvalue weighted by Gasteiger charge is -2.26. The van der Waals surface area contributed by atoms with E-state index in [-0.39, 0.29) is 23.5 Å². The fraction of sp³-hybridized carbons (Fsp3) is 0.391. The number of likely N-dealkylation sites (tertiary alicyclic amines) is 1. The second kappa shape index (κ2) is 9.03. The van der Waals surface area contributed by atoms with Crippen molar-refractivity contribution in [2.75, 3.05) is 6.54 Å². The Morgan fingerprint density at radius 3 is 2.61 bits per heavy atom. The van der Waals surface area contributed by atoms with E-state index in [4.69, 9.17) is 10.8 Å². The number of hydrogen-bond donors (Lipinski definition) is 2. The molecule has 1 aliphatic carbocycles. The molecule has 0 radical (unpaired) electrons. The third kappa shape index (κ3) is 4.67. The molecular formula is C23H26FN5O3S. The molecule has 33 heavy (non-hydrogen) atoms. The van der Waals surface area contributed by atoms with Gasteiger partial charge in [0.1, 0.15) is 17.2 Å². The van der Waals surface area contributed by atoms with Crippen LogP contribution in [-0.2, 0) is 7.05 Å². The van der Waals surface area contributed by atoms with Crippen LogP contribution in [0, 0.1) is 25.6 Å². The molecule has 8 nitrogen and oxygen atoms in total. The van der Waals surface area contributed by atoms with Crippen LogP contribution in [-0.4, -0.2) is 55.3 Å². The fourth-order valence-corrected chi connectivity index (χ4v) is 5.32. The summed E-state index contributed by atoms with van der Waals surface area (Å²) in [4.78, 5) is 30.5. The Hall–Kier alpha value is -3.11. The molecule has 2 aromatic heterocycles. The van der Waals surface area contributed by atoms with Gasteiger partial charge in [-0.05, 0) is 56.4 Å². The Labute approximate surface area is 194 Å². The number of fused-ring (bicyclic) bond motifs is 1. The molecule has 1 aromatic carbocycles. The van der Waals surface area contributed by atoms with Crippen LogP contribution >= 0.6 is 11.3 Å². The molecule has 3 N–H and O–H groups in total. The van der Waals surface area contributed by atoms with Crippen LogP contribution in [0.5, 0.6) is 0 Å². The summed E-state index contributed by atoms with van der Waals surface area (Å²) in [6.45, 7) is 4.11. The first kappa shape index (κ1) is 23.1. The molecule has 3 atom stereocenters. The van der Waals surface area contributed by atoms with Crippen LogP contribution in [0.25, 0.3) is 10.4 Å². The molecule has 2 fully saturated rings. The summed E-state index contributed by atoms with van der Waals surface area (Å²) in [6.07, 6.45) is 2.06. The number of piperidine rings is 1. The third-order valence-corrected chi connectivity index (χ3v) is 6.98. The van der Waals surface area contributed by atoms with Crippen LogP contribution in [0.2, 0.25) is 0 Å². The van der Waals surface area contributed by atoms with Crippen molar-refractivity contribution in [1.29, 1.82) is 0 Å². The zero-order chi connectivity index (χ0) is 23.9. The van der Waals surface area contributed by atoms with Gasteiger partial charge in [-0.15, -0.1) is 11.3 Å². The second-order valence-corrected chi connectivity index (χ2v) is 9.62. The normalized spacial score (nSPS) is 20.8. The van der Waals surface area contributed by atoms with Gasteiger partial charge in [-0.3, -0.25) is 9.48 Å². The SMILES string of the molecule is Cc1cc(C(=O)O)n(C)n1.Cc1nc(C(=O)N2[C@H](CN)C[C@@H]3C[C@@H]32)c(-c2cccc(F)c2)s1. The Balaban J connectivity index is 0.000000219. The van der Waals surface area contributed by atoms with Gasteiger partial charge in [0.25, 0.3) is 5.91 Å². The Kier molecular flexibility index (Phi) is 6.31. The molecule has 1 amide bonds. The molecule has 1 aliphatic heterocycles. The smallest absolute Gasteiger partial charge is 0.354 e. The van der Waals surface area contributed by atoms with E-state index in [2.05, 4.69) is 10.1 Å². The summed E-state index contributed by atoms with van der Waals surface area (Å²) in [5.74, 6) is -0.711. The quantitative estimate of drug-likeness (QED) is 0.604. The van der Waals surface area contributed by atoms with E-state index < -0.39 is 5.97 Å². The molecule has 0 spiro atoms. The largest absolute Gasteiger partial charge is 0.477 e. The highest BCUT2D eigenvalue weighted by molar-refractivity contribution is 7.15. The van der Waals surface area contributed by atoms with Crippen molar-refractivity contribution in [1.82, 2.24) is 19.7 Å². The Bertz CT molecular complexity index is 1210. The number of carbonyl (C=O) groups excluding carboxylic acids is 1. The number of hydrogen-bond acceptors (Lipinski definition) is 6. The first-order valence-electron chi connectivity index (χ1n) is 10.7. The van der Waals surface area contributed by atoms with Crippen molar-refractivity contribution in [3.8, 4) is 10.4 Å². The molecular weight excluding hydrogens is 445 g/mol. The van der Waals surface area contributed by atoms with Crippen LogP contribution in [0.15, 0.2) is 30.3 Å². The first-order valence-corrected chi connectivity index (χ1v) is 11.5. The summed E-state index contributed by atoms with van der Waals surface area (Å²) in [5.41, 5.74) is 7.92. The Morgan fingerprint density at radius 1 is 1.27 bits per heavy atom. The minimum absolute atomic E-state index is 0.0611. The molecule has 1 saturated heterocycles. The van der Waals surface area contributed by atoms with Crippen molar-refractivity contribution in [3.05, 3.63) is 58.2 Å². The molecule has 0 bridgehead atoms. The predicted octanol–water partition coefficient (Wildman–Crippen LogP) is 3.25. The number of rotatable bonds is 4. The van der Waals surface area contributed by atoms with E-state index in [1.54, 1.807) is 20.0 Å². The average Bonchev–Trinajstić information content (AvgIpc) is 3.07. The van der Waals surface area contributed by atoms with Gasteiger partial charge in [0, 0.05) is 25.7 Å². The number of thiazole rings is 1. The maximum atomic E-state index is 13.6. The minimum Gasteiger partial charge on any atom is -0.477 e. The van der Waals surface area contributed by atoms with Crippen molar-refractivity contribution < 1.29 is 19.1 Å². The fourth-order valence-electron chi connectivity index (χ4n) is 4.42. The lowest BCUT2D eigenvalue weighted by Crippen LogP contribution is -2.42. The zero-order valence-corrected chi connectivity index (χ0v) is 19.5. The number of carbonyl (C=O) groups is 2. The number of aromatic carboxylic acids is 1. The van der Waals surface area contributed by atoms with Gasteiger partial charge in [-0.2, -0.15) is 5.10 Å². The van der Waals surface area contributed by atoms with E-state index in [9.17, 15) is 14.0 Å². The van der Waals surface area contributed by atoms with Gasteiger partial charge in [-0.1, -0.05) is 12.1 Å². The number of aryl methyl sites for hydroxylation is 3. The molecule has 5 rings (SSSR count). The van der Waals surface area contributed by atoms with E-state index in [1.165, 1.54) is 34.2 Å². The number of benzene rings is 1. The standard InChI is InChI=1S/C17H18FN3OS.C6H8N2O2/c1-9-20-15(16(23-9)10-3-2-4-12(18)5-10)17(22)21-13(8-19)6-11-7-14(11)21;1-4-3-5(6(9)10)8(2)7-4/h2-5,11,13-14H,6-8,19H2,1H3;3H,1-2H3,(H,9,10)/t11-,13+,14+;/m1./s1.